The van der Waals surface area contributed by atoms with Gasteiger partial charge in [0.2, 0.25) is 0 Å². The second-order valence-electron chi connectivity index (χ2n) is 1.71. The van der Waals surface area contributed by atoms with Crippen LogP contribution in [0.2, 0.25) is 0 Å². The molecule has 6 heteroatoms. The molecule has 0 radical (unpaired) electrons. The lowest BCUT2D eigenvalue weighted by atomic mass is 10.4. The van der Waals surface area contributed by atoms with Crippen LogP contribution in [-0.2, 0) is 4.74 Å². The Morgan fingerprint density at radius 1 is 1.25 bits per heavy atom. The molecule has 0 amide bonds. The van der Waals surface area contributed by atoms with Gasteiger partial charge in [-0.2, -0.15) is 0 Å². The van der Waals surface area contributed by atoms with Crippen LogP contribution >= 0.6 is 0 Å². The summed E-state index contributed by atoms with van der Waals surface area (Å²) in [5.41, 5.74) is 0. The third kappa shape index (κ3) is 23.4. The average Bonchev–Trinajstić information content (AvgIpc) is 1.87. The SMILES string of the molecule is CCCCO.O=C(O)OC(=O)O. The molecule has 0 heterocycles. The maximum absolute atomic E-state index is 9.21. The van der Waals surface area contributed by atoms with E-state index in [0.29, 0.717) is 6.61 Å². The summed E-state index contributed by atoms with van der Waals surface area (Å²) in [4.78, 5) is 18.4. The average molecular weight is 180 g/mol. The van der Waals surface area contributed by atoms with Gasteiger partial charge in [0.25, 0.3) is 0 Å². The molecule has 0 spiro atoms. The summed E-state index contributed by atoms with van der Waals surface area (Å²) in [6, 6.07) is 0. The first-order chi connectivity index (χ1) is 5.54. The van der Waals surface area contributed by atoms with Gasteiger partial charge in [-0.05, 0) is 6.42 Å². The largest absolute Gasteiger partial charge is 0.516 e. The van der Waals surface area contributed by atoms with E-state index in [1.54, 1.807) is 0 Å². The van der Waals surface area contributed by atoms with Gasteiger partial charge in [-0.1, -0.05) is 13.3 Å². The van der Waals surface area contributed by atoms with Crippen molar-refractivity contribution in [3.8, 4) is 0 Å². The van der Waals surface area contributed by atoms with Gasteiger partial charge in [-0.25, -0.2) is 9.59 Å². The van der Waals surface area contributed by atoms with Crippen LogP contribution in [0.3, 0.4) is 0 Å². The monoisotopic (exact) mass is 180 g/mol. The van der Waals surface area contributed by atoms with Crippen LogP contribution in [0.25, 0.3) is 0 Å². The van der Waals surface area contributed by atoms with Crippen molar-refractivity contribution in [1.29, 1.82) is 0 Å². The normalized spacial score (nSPS) is 7.83. The predicted octanol–water partition coefficient (Wildman–Crippen LogP) is 1.14. The molecule has 12 heavy (non-hydrogen) atoms. The number of hydrogen-bond acceptors (Lipinski definition) is 4. The Bertz CT molecular complexity index is 118. The van der Waals surface area contributed by atoms with E-state index in [2.05, 4.69) is 11.7 Å². The standard InChI is InChI=1S/C4H10O.C2H2O5/c1-2-3-4-5;3-1(4)7-2(5)6/h5H,2-4H2,1H3;(H,3,4)(H,5,6). The van der Waals surface area contributed by atoms with E-state index in [1.165, 1.54) is 0 Å². The molecular formula is C6H12O6. The number of aliphatic hydroxyl groups excluding tert-OH is 1. The molecule has 0 rings (SSSR count). The number of carboxylic acid groups (broad SMARTS) is 2. The maximum Gasteiger partial charge on any atom is 0.516 e. The first-order valence-corrected chi connectivity index (χ1v) is 3.29. The highest BCUT2D eigenvalue weighted by Gasteiger charge is 2.01. The predicted molar refractivity (Wildman–Crippen MR) is 39.1 cm³/mol. The summed E-state index contributed by atoms with van der Waals surface area (Å²) in [6.07, 6.45) is -1.59. The molecule has 0 aliphatic heterocycles. The first-order valence-electron chi connectivity index (χ1n) is 3.29. The third-order valence-corrected chi connectivity index (χ3v) is 0.686. The zero-order valence-electron chi connectivity index (χ0n) is 6.69. The Morgan fingerprint density at radius 3 is 1.67 bits per heavy atom. The van der Waals surface area contributed by atoms with Crippen molar-refractivity contribution in [1.82, 2.24) is 0 Å². The second-order valence-corrected chi connectivity index (χ2v) is 1.71. The van der Waals surface area contributed by atoms with Crippen molar-refractivity contribution >= 4 is 12.3 Å². The molecule has 0 saturated carbocycles. The molecule has 0 saturated heterocycles. The fourth-order valence-electron chi connectivity index (χ4n) is 0.233. The summed E-state index contributed by atoms with van der Waals surface area (Å²) < 4.78 is 3.08. The van der Waals surface area contributed by atoms with Crippen LogP contribution in [0.15, 0.2) is 0 Å². The van der Waals surface area contributed by atoms with Crippen LogP contribution in [0.1, 0.15) is 19.8 Å². The van der Waals surface area contributed by atoms with Gasteiger partial charge in [0, 0.05) is 6.61 Å². The Kier molecular flexibility index (Phi) is 10.8. The van der Waals surface area contributed by atoms with Crippen molar-refractivity contribution in [2.75, 3.05) is 6.61 Å². The number of rotatable bonds is 2. The number of ether oxygens (including phenoxy) is 1. The highest BCUT2D eigenvalue weighted by Crippen LogP contribution is 1.78. The van der Waals surface area contributed by atoms with E-state index in [-0.39, 0.29) is 0 Å². The Morgan fingerprint density at radius 2 is 1.67 bits per heavy atom. The minimum atomic E-state index is -1.81. The van der Waals surface area contributed by atoms with E-state index in [1.807, 2.05) is 0 Å². The minimum Gasteiger partial charge on any atom is -0.449 e. The van der Waals surface area contributed by atoms with Gasteiger partial charge in [0.05, 0.1) is 0 Å². The zero-order valence-corrected chi connectivity index (χ0v) is 6.69. The summed E-state index contributed by atoms with van der Waals surface area (Å²) in [7, 11) is 0. The lowest BCUT2D eigenvalue weighted by Gasteiger charge is -1.84. The van der Waals surface area contributed by atoms with Crippen LogP contribution in [0.4, 0.5) is 9.59 Å². The summed E-state index contributed by atoms with van der Waals surface area (Å²) >= 11 is 0. The fraction of sp³-hybridized carbons (Fsp3) is 0.667. The summed E-state index contributed by atoms with van der Waals surface area (Å²) in [5.74, 6) is 0. The van der Waals surface area contributed by atoms with Gasteiger partial charge in [0.1, 0.15) is 0 Å². The highest BCUT2D eigenvalue weighted by molar-refractivity contribution is 5.74. The smallest absolute Gasteiger partial charge is 0.449 e. The Hall–Kier alpha value is -1.30. The molecule has 3 N–H and O–H groups in total. The first kappa shape index (κ1) is 13.3. The topological polar surface area (TPSA) is 104 Å². The van der Waals surface area contributed by atoms with Crippen molar-refractivity contribution in [2.24, 2.45) is 0 Å². The van der Waals surface area contributed by atoms with Crippen LogP contribution in [-0.4, -0.2) is 34.2 Å². The lowest BCUT2D eigenvalue weighted by Crippen LogP contribution is -2.05. The summed E-state index contributed by atoms with van der Waals surface area (Å²) in [5, 5.41) is 23.0. The Balaban J connectivity index is 0. The van der Waals surface area contributed by atoms with Gasteiger partial charge in [0.15, 0.2) is 0 Å². The second kappa shape index (κ2) is 9.70. The molecule has 0 aromatic heterocycles. The van der Waals surface area contributed by atoms with Crippen molar-refractivity contribution in [3.63, 3.8) is 0 Å². The number of unbranched alkanes of at least 4 members (excludes halogenated alkanes) is 1. The maximum atomic E-state index is 9.21. The minimum absolute atomic E-state index is 0.344. The molecule has 0 aromatic carbocycles. The molecule has 0 aliphatic rings. The number of aliphatic hydroxyl groups is 1. The van der Waals surface area contributed by atoms with Crippen molar-refractivity contribution in [2.45, 2.75) is 19.8 Å². The van der Waals surface area contributed by atoms with Gasteiger partial charge in [-0.15, -0.1) is 0 Å². The van der Waals surface area contributed by atoms with Crippen molar-refractivity contribution in [3.05, 3.63) is 0 Å². The van der Waals surface area contributed by atoms with Gasteiger partial charge in [-0.3, -0.25) is 0 Å². The molecule has 0 aromatic rings. The third-order valence-electron chi connectivity index (χ3n) is 0.686. The molecule has 72 valence electrons. The van der Waals surface area contributed by atoms with Crippen molar-refractivity contribution < 1.29 is 29.6 Å². The molecule has 6 nitrogen and oxygen atoms in total. The molecule has 0 bridgehead atoms. The van der Waals surface area contributed by atoms with Gasteiger partial charge >= 0.3 is 12.3 Å². The van der Waals surface area contributed by atoms with E-state index in [0.717, 1.165) is 12.8 Å². The molecule has 0 atom stereocenters. The van der Waals surface area contributed by atoms with E-state index in [9.17, 15) is 9.59 Å². The zero-order chi connectivity index (χ0) is 9.98. The number of carbonyl (C=O) groups is 2. The highest BCUT2D eigenvalue weighted by atomic mass is 16.7. The van der Waals surface area contributed by atoms with Crippen LogP contribution in [0, 0.1) is 0 Å². The summed E-state index contributed by atoms with van der Waals surface area (Å²) in [6.45, 7) is 2.40. The van der Waals surface area contributed by atoms with E-state index < -0.39 is 12.3 Å². The quantitative estimate of drug-likeness (QED) is 0.434. The Labute approximate surface area is 69.4 Å². The van der Waals surface area contributed by atoms with Gasteiger partial charge < -0.3 is 20.1 Å². The molecule has 0 aliphatic carbocycles. The molecular weight excluding hydrogens is 168 g/mol. The fourth-order valence-corrected chi connectivity index (χ4v) is 0.233. The number of hydrogen-bond donors (Lipinski definition) is 3. The van der Waals surface area contributed by atoms with E-state index in [4.69, 9.17) is 15.3 Å². The molecule has 0 unspecified atom stereocenters. The van der Waals surface area contributed by atoms with Crippen LogP contribution in [0.5, 0.6) is 0 Å². The van der Waals surface area contributed by atoms with Crippen LogP contribution < -0.4 is 0 Å². The lowest BCUT2D eigenvalue weighted by molar-refractivity contribution is 0.0802. The van der Waals surface area contributed by atoms with E-state index >= 15 is 0 Å². The molecule has 0 fully saturated rings.